The summed E-state index contributed by atoms with van der Waals surface area (Å²) in [6, 6.07) is 19.8. The Balaban J connectivity index is 1.39. The molecule has 36 heavy (non-hydrogen) atoms. The number of esters is 1. The molecule has 8 nitrogen and oxygen atoms in total. The van der Waals surface area contributed by atoms with Crippen molar-refractivity contribution in [3.8, 4) is 5.75 Å². The Kier molecular flexibility index (Phi) is 8.02. The van der Waals surface area contributed by atoms with Gasteiger partial charge < -0.3 is 19.9 Å². The normalized spacial score (nSPS) is 17.9. The van der Waals surface area contributed by atoms with Crippen molar-refractivity contribution in [1.82, 2.24) is 10.3 Å². The van der Waals surface area contributed by atoms with E-state index in [2.05, 4.69) is 10.3 Å². The van der Waals surface area contributed by atoms with E-state index in [1.807, 2.05) is 43.3 Å². The molecule has 9 heteroatoms. The number of amidine groups is 1. The van der Waals surface area contributed by atoms with Gasteiger partial charge in [-0.25, -0.2) is 4.79 Å². The highest BCUT2D eigenvalue weighted by molar-refractivity contribution is 8.16. The van der Waals surface area contributed by atoms with Gasteiger partial charge in [0.1, 0.15) is 25.1 Å². The van der Waals surface area contributed by atoms with Gasteiger partial charge in [0.05, 0.1) is 5.69 Å². The molecule has 0 saturated carbocycles. The average molecular weight is 506 g/mol. The third kappa shape index (κ3) is 5.92. The fourth-order valence-corrected chi connectivity index (χ4v) is 4.72. The van der Waals surface area contributed by atoms with Gasteiger partial charge in [0, 0.05) is 12.6 Å². The van der Waals surface area contributed by atoms with E-state index in [9.17, 15) is 14.7 Å². The van der Waals surface area contributed by atoms with Crippen LogP contribution in [0.25, 0.3) is 0 Å². The number of aliphatic hydroxyl groups excluding tert-OH is 1. The molecule has 1 aliphatic rings. The molecule has 186 valence electrons. The van der Waals surface area contributed by atoms with Gasteiger partial charge in [0.25, 0.3) is 5.91 Å². The van der Waals surface area contributed by atoms with Crippen molar-refractivity contribution in [2.75, 3.05) is 6.61 Å². The lowest BCUT2D eigenvalue weighted by atomic mass is 9.97. The molecule has 2 atom stereocenters. The van der Waals surface area contributed by atoms with E-state index in [1.54, 1.807) is 36.5 Å². The second kappa shape index (κ2) is 11.4. The molecular formula is C27H27N3O5S. The molecule has 2 heterocycles. The minimum atomic E-state index is -1.58. The zero-order valence-electron chi connectivity index (χ0n) is 19.8. The number of aliphatic hydroxyl groups is 1. The van der Waals surface area contributed by atoms with Crippen LogP contribution in [-0.4, -0.2) is 38.5 Å². The van der Waals surface area contributed by atoms with E-state index in [-0.39, 0.29) is 24.8 Å². The lowest BCUT2D eigenvalue weighted by molar-refractivity contribution is -0.150. The van der Waals surface area contributed by atoms with Crippen LogP contribution >= 0.6 is 11.8 Å². The molecule has 1 saturated heterocycles. The summed E-state index contributed by atoms with van der Waals surface area (Å²) in [5.41, 5.74) is 3.13. The molecule has 3 N–H and O–H groups in total. The number of rotatable bonds is 10. The van der Waals surface area contributed by atoms with Gasteiger partial charge >= 0.3 is 5.97 Å². The van der Waals surface area contributed by atoms with Crippen LogP contribution in [0.15, 0.2) is 72.9 Å². The number of aryl methyl sites for hydroxylation is 1. The molecule has 1 fully saturated rings. The summed E-state index contributed by atoms with van der Waals surface area (Å²) in [5.74, 6) is -0.735. The van der Waals surface area contributed by atoms with E-state index in [0.29, 0.717) is 17.0 Å². The molecule has 0 aliphatic carbocycles. The largest absolute Gasteiger partial charge is 0.490 e. The smallest absolute Gasteiger partial charge is 0.333 e. The first-order valence-electron chi connectivity index (χ1n) is 11.5. The Morgan fingerprint density at radius 1 is 1.08 bits per heavy atom. The molecule has 3 aromatic rings. The van der Waals surface area contributed by atoms with Crippen molar-refractivity contribution in [1.29, 1.82) is 5.41 Å². The number of hydrogen-bond acceptors (Lipinski definition) is 8. The van der Waals surface area contributed by atoms with E-state index in [4.69, 9.17) is 14.9 Å². The van der Waals surface area contributed by atoms with Crippen molar-refractivity contribution < 1.29 is 24.2 Å². The number of pyridine rings is 1. The third-order valence-electron chi connectivity index (χ3n) is 5.79. The SMILES string of the molecule is CCc1ccc(C(O)COc2ccc(CC3(C(=O)OCc4ccccc4)SC(=N)NC3=O)cc2)nc1. The maximum atomic E-state index is 13.1. The Hall–Kier alpha value is -3.69. The molecule has 0 bridgehead atoms. The molecule has 1 amide bonds. The maximum absolute atomic E-state index is 13.1. The summed E-state index contributed by atoms with van der Waals surface area (Å²) in [6.45, 7) is 2.11. The van der Waals surface area contributed by atoms with E-state index in [0.717, 1.165) is 29.3 Å². The molecule has 4 rings (SSSR count). The predicted octanol–water partition coefficient (Wildman–Crippen LogP) is 3.58. The number of carbonyl (C=O) groups is 2. The van der Waals surface area contributed by atoms with Crippen LogP contribution in [-0.2, 0) is 33.8 Å². The number of thioether (sulfide) groups is 1. The zero-order chi connectivity index (χ0) is 25.5. The Bertz CT molecular complexity index is 1220. The number of nitrogens with one attached hydrogen (secondary N) is 2. The lowest BCUT2D eigenvalue weighted by Gasteiger charge is -2.23. The van der Waals surface area contributed by atoms with Crippen molar-refractivity contribution in [2.45, 2.75) is 37.2 Å². The van der Waals surface area contributed by atoms with Crippen LogP contribution in [0.1, 0.15) is 35.4 Å². The van der Waals surface area contributed by atoms with E-state index < -0.39 is 22.7 Å². The first kappa shape index (κ1) is 25.4. The monoisotopic (exact) mass is 505 g/mol. The number of ether oxygens (including phenoxy) is 2. The average Bonchev–Trinajstić information content (AvgIpc) is 3.20. The number of benzene rings is 2. The molecule has 0 spiro atoms. The van der Waals surface area contributed by atoms with Crippen molar-refractivity contribution in [3.63, 3.8) is 0 Å². The summed E-state index contributed by atoms with van der Waals surface area (Å²) < 4.78 is 9.60. The molecule has 2 unspecified atom stereocenters. The van der Waals surface area contributed by atoms with Crippen LogP contribution in [0.4, 0.5) is 0 Å². The second-order valence-electron chi connectivity index (χ2n) is 8.37. The third-order valence-corrected chi connectivity index (χ3v) is 6.95. The second-order valence-corrected chi connectivity index (χ2v) is 9.68. The van der Waals surface area contributed by atoms with Crippen molar-refractivity contribution >= 4 is 28.8 Å². The fourth-order valence-electron chi connectivity index (χ4n) is 3.71. The van der Waals surface area contributed by atoms with Crippen LogP contribution < -0.4 is 10.1 Å². The number of hydrogen-bond donors (Lipinski definition) is 3. The van der Waals surface area contributed by atoms with Gasteiger partial charge in [-0.3, -0.25) is 15.2 Å². The summed E-state index contributed by atoms with van der Waals surface area (Å²) >= 11 is 0.855. The molecule has 1 aromatic heterocycles. The first-order chi connectivity index (χ1) is 17.4. The van der Waals surface area contributed by atoms with Gasteiger partial charge in [0.15, 0.2) is 5.17 Å². The topological polar surface area (TPSA) is 122 Å². The van der Waals surface area contributed by atoms with Gasteiger partial charge in [-0.1, -0.05) is 67.2 Å². The Morgan fingerprint density at radius 2 is 1.81 bits per heavy atom. The van der Waals surface area contributed by atoms with Crippen molar-refractivity contribution in [2.24, 2.45) is 0 Å². The van der Waals surface area contributed by atoms with Crippen LogP contribution in [0.3, 0.4) is 0 Å². The van der Waals surface area contributed by atoms with Gasteiger partial charge in [-0.15, -0.1) is 0 Å². The minimum absolute atomic E-state index is 0.0307. The van der Waals surface area contributed by atoms with Gasteiger partial charge in [-0.2, -0.15) is 0 Å². The minimum Gasteiger partial charge on any atom is -0.490 e. The number of amides is 1. The molecule has 0 radical (unpaired) electrons. The highest BCUT2D eigenvalue weighted by Crippen LogP contribution is 2.37. The first-order valence-corrected chi connectivity index (χ1v) is 12.4. The standard InChI is InChI=1S/C27H27N3O5S/c1-2-18-10-13-22(29-15-18)23(31)17-34-21-11-8-19(9-12-21)14-27(24(32)30-26(28)36-27)25(33)35-16-20-6-4-3-5-7-20/h3-13,15,23,31H,2,14,16-17H2,1H3,(H2,28,30,32). The predicted molar refractivity (Wildman–Crippen MR) is 137 cm³/mol. The number of carbonyl (C=O) groups excluding carboxylic acids is 2. The van der Waals surface area contributed by atoms with Crippen LogP contribution in [0.5, 0.6) is 5.75 Å². The quantitative estimate of drug-likeness (QED) is 0.284. The zero-order valence-corrected chi connectivity index (χ0v) is 20.6. The molecule has 1 aliphatic heterocycles. The molecular weight excluding hydrogens is 478 g/mol. The summed E-state index contributed by atoms with van der Waals surface area (Å²) in [6.07, 6.45) is 1.79. The number of nitrogens with zero attached hydrogens (tertiary/aromatic N) is 1. The van der Waals surface area contributed by atoms with Crippen LogP contribution in [0.2, 0.25) is 0 Å². The maximum Gasteiger partial charge on any atom is 0.333 e. The summed E-state index contributed by atoms with van der Waals surface area (Å²) in [4.78, 5) is 30.1. The highest BCUT2D eigenvalue weighted by Gasteiger charge is 2.54. The number of aromatic nitrogens is 1. The molecule has 2 aromatic carbocycles. The summed E-state index contributed by atoms with van der Waals surface area (Å²) in [5, 5.41) is 20.6. The van der Waals surface area contributed by atoms with Gasteiger partial charge in [-0.05, 0) is 41.3 Å². The Morgan fingerprint density at radius 3 is 2.42 bits per heavy atom. The fraction of sp³-hybridized carbons (Fsp3) is 0.259. The highest BCUT2D eigenvalue weighted by atomic mass is 32.2. The summed E-state index contributed by atoms with van der Waals surface area (Å²) in [7, 11) is 0. The van der Waals surface area contributed by atoms with E-state index >= 15 is 0 Å². The van der Waals surface area contributed by atoms with E-state index in [1.165, 1.54) is 0 Å². The van der Waals surface area contributed by atoms with Gasteiger partial charge in [0.2, 0.25) is 4.75 Å². The van der Waals surface area contributed by atoms with Crippen LogP contribution in [0, 0.1) is 5.41 Å². The van der Waals surface area contributed by atoms with Crippen molar-refractivity contribution in [3.05, 3.63) is 95.3 Å². The lowest BCUT2D eigenvalue weighted by Crippen LogP contribution is -2.46. The Labute approximate surface area is 213 Å².